The molecule has 6 nitrogen and oxygen atoms in total. The minimum Gasteiger partial charge on any atom is -0.362 e. The Labute approximate surface area is 133 Å². The highest BCUT2D eigenvalue weighted by Crippen LogP contribution is 2.27. The Balaban J connectivity index is 1.73. The standard InChI is InChI=1S/C17H17N3O3/c21-17(18-14-8-2-4-10-16(14)20(22)23)12-19-11-5-7-13-6-1-3-9-15(13)19/h1-4,6,8-10H,5,7,11-12H2,(H,18,21). The van der Waals surface area contributed by atoms with E-state index in [0.29, 0.717) is 0 Å². The molecular formula is C17H17N3O3. The number of fused-ring (bicyclic) bond motifs is 1. The lowest BCUT2D eigenvalue weighted by atomic mass is 10.0. The number of hydrogen-bond acceptors (Lipinski definition) is 4. The molecule has 0 bridgehead atoms. The van der Waals surface area contributed by atoms with Gasteiger partial charge in [-0.25, -0.2) is 0 Å². The Kier molecular flexibility index (Phi) is 4.23. The average molecular weight is 311 g/mol. The Morgan fingerprint density at radius 3 is 2.74 bits per heavy atom. The van der Waals surface area contributed by atoms with Crippen molar-refractivity contribution in [3.05, 3.63) is 64.2 Å². The van der Waals surface area contributed by atoms with Gasteiger partial charge in [-0.05, 0) is 30.5 Å². The number of nitro groups is 1. The molecule has 0 aromatic heterocycles. The molecule has 23 heavy (non-hydrogen) atoms. The van der Waals surface area contributed by atoms with Crippen LogP contribution in [0.3, 0.4) is 0 Å². The summed E-state index contributed by atoms with van der Waals surface area (Å²) >= 11 is 0. The van der Waals surface area contributed by atoms with Crippen LogP contribution in [0, 0.1) is 10.1 Å². The van der Waals surface area contributed by atoms with E-state index in [9.17, 15) is 14.9 Å². The topological polar surface area (TPSA) is 75.5 Å². The third-order valence-electron chi connectivity index (χ3n) is 3.92. The quantitative estimate of drug-likeness (QED) is 0.695. The molecule has 0 radical (unpaired) electrons. The summed E-state index contributed by atoms with van der Waals surface area (Å²) in [6.07, 6.45) is 2.01. The van der Waals surface area contributed by atoms with Crippen molar-refractivity contribution < 1.29 is 9.72 Å². The zero-order valence-electron chi connectivity index (χ0n) is 12.6. The number of hydrogen-bond donors (Lipinski definition) is 1. The number of para-hydroxylation sites is 3. The zero-order valence-corrected chi connectivity index (χ0v) is 12.6. The molecule has 6 heteroatoms. The van der Waals surface area contributed by atoms with Gasteiger partial charge in [0, 0.05) is 18.3 Å². The van der Waals surface area contributed by atoms with Gasteiger partial charge in [0.2, 0.25) is 5.91 Å². The molecule has 1 amide bonds. The van der Waals surface area contributed by atoms with Crippen molar-refractivity contribution in [1.82, 2.24) is 0 Å². The predicted molar refractivity (Wildman–Crippen MR) is 88.7 cm³/mol. The molecule has 0 spiro atoms. The van der Waals surface area contributed by atoms with E-state index < -0.39 is 4.92 Å². The highest BCUT2D eigenvalue weighted by Gasteiger charge is 2.20. The van der Waals surface area contributed by atoms with E-state index in [4.69, 9.17) is 0 Å². The van der Waals surface area contributed by atoms with Gasteiger partial charge in [0.25, 0.3) is 5.69 Å². The maximum atomic E-state index is 12.3. The van der Waals surface area contributed by atoms with Crippen LogP contribution in [0.1, 0.15) is 12.0 Å². The normalized spacial score (nSPS) is 13.3. The minimum atomic E-state index is -0.494. The number of rotatable bonds is 4. The van der Waals surface area contributed by atoms with Crippen molar-refractivity contribution in [2.45, 2.75) is 12.8 Å². The summed E-state index contributed by atoms with van der Waals surface area (Å²) in [5.41, 5.74) is 2.43. The van der Waals surface area contributed by atoms with Gasteiger partial charge >= 0.3 is 0 Å². The monoisotopic (exact) mass is 311 g/mol. The summed E-state index contributed by atoms with van der Waals surface area (Å²) in [6.45, 7) is 0.990. The van der Waals surface area contributed by atoms with Crippen molar-refractivity contribution in [2.75, 3.05) is 23.3 Å². The minimum absolute atomic E-state index is 0.0973. The number of nitrogens with one attached hydrogen (secondary N) is 1. The summed E-state index contributed by atoms with van der Waals surface area (Å²) in [7, 11) is 0. The fraction of sp³-hybridized carbons (Fsp3) is 0.235. The maximum Gasteiger partial charge on any atom is 0.292 e. The fourth-order valence-corrected chi connectivity index (χ4v) is 2.88. The predicted octanol–water partition coefficient (Wildman–Crippen LogP) is 2.99. The molecule has 0 unspecified atom stereocenters. The van der Waals surface area contributed by atoms with Gasteiger partial charge in [0.1, 0.15) is 5.69 Å². The van der Waals surface area contributed by atoms with E-state index in [-0.39, 0.29) is 23.8 Å². The Hall–Kier alpha value is -2.89. The van der Waals surface area contributed by atoms with Crippen LogP contribution in [0.5, 0.6) is 0 Å². The molecule has 2 aromatic carbocycles. The van der Waals surface area contributed by atoms with Gasteiger partial charge in [-0.15, -0.1) is 0 Å². The number of carbonyl (C=O) groups excluding carboxylic acids is 1. The summed E-state index contributed by atoms with van der Waals surface area (Å²) in [5, 5.41) is 13.6. The highest BCUT2D eigenvalue weighted by molar-refractivity contribution is 5.96. The summed E-state index contributed by atoms with van der Waals surface area (Å²) in [6, 6.07) is 14.2. The number of nitro benzene ring substituents is 1. The second-order valence-electron chi connectivity index (χ2n) is 5.48. The molecule has 0 saturated carbocycles. The van der Waals surface area contributed by atoms with Crippen LogP contribution in [-0.2, 0) is 11.2 Å². The molecular weight excluding hydrogens is 294 g/mol. The largest absolute Gasteiger partial charge is 0.362 e. The Bertz CT molecular complexity index is 745. The van der Waals surface area contributed by atoms with E-state index >= 15 is 0 Å². The van der Waals surface area contributed by atoms with Gasteiger partial charge in [-0.1, -0.05) is 30.3 Å². The summed E-state index contributed by atoms with van der Waals surface area (Å²) < 4.78 is 0. The summed E-state index contributed by atoms with van der Waals surface area (Å²) in [4.78, 5) is 24.8. The Morgan fingerprint density at radius 2 is 1.91 bits per heavy atom. The van der Waals surface area contributed by atoms with Crippen LogP contribution in [0.4, 0.5) is 17.1 Å². The second-order valence-corrected chi connectivity index (χ2v) is 5.48. The van der Waals surface area contributed by atoms with Crippen molar-refractivity contribution in [1.29, 1.82) is 0 Å². The third kappa shape index (κ3) is 3.31. The number of nitrogens with zero attached hydrogens (tertiary/aromatic N) is 2. The average Bonchev–Trinajstić information content (AvgIpc) is 2.55. The molecule has 2 aromatic rings. The fourth-order valence-electron chi connectivity index (χ4n) is 2.88. The first kappa shape index (κ1) is 15.0. The van der Waals surface area contributed by atoms with E-state index in [2.05, 4.69) is 11.4 Å². The third-order valence-corrected chi connectivity index (χ3v) is 3.92. The summed E-state index contributed by atoms with van der Waals surface area (Å²) in [5.74, 6) is -0.254. The van der Waals surface area contributed by atoms with Gasteiger partial charge < -0.3 is 10.2 Å². The molecule has 1 aliphatic heterocycles. The van der Waals surface area contributed by atoms with E-state index in [0.717, 1.165) is 25.1 Å². The number of carbonyl (C=O) groups is 1. The Morgan fingerprint density at radius 1 is 1.17 bits per heavy atom. The van der Waals surface area contributed by atoms with Crippen LogP contribution in [0.25, 0.3) is 0 Å². The molecule has 0 saturated heterocycles. The molecule has 3 rings (SSSR count). The first-order valence-corrected chi connectivity index (χ1v) is 7.51. The molecule has 0 fully saturated rings. The SMILES string of the molecule is O=C(CN1CCCc2ccccc21)Nc1ccccc1[N+](=O)[O-]. The van der Waals surface area contributed by atoms with Crippen molar-refractivity contribution in [2.24, 2.45) is 0 Å². The maximum absolute atomic E-state index is 12.3. The second kappa shape index (κ2) is 6.48. The number of anilines is 2. The molecule has 1 N–H and O–H groups in total. The lowest BCUT2D eigenvalue weighted by Gasteiger charge is -2.30. The van der Waals surface area contributed by atoms with Crippen molar-refractivity contribution in [3.63, 3.8) is 0 Å². The molecule has 1 aliphatic rings. The van der Waals surface area contributed by atoms with Gasteiger partial charge in [0.05, 0.1) is 11.5 Å². The van der Waals surface area contributed by atoms with E-state index in [1.165, 1.54) is 11.6 Å². The highest BCUT2D eigenvalue weighted by atomic mass is 16.6. The molecule has 1 heterocycles. The molecule has 0 aliphatic carbocycles. The lowest BCUT2D eigenvalue weighted by Crippen LogP contribution is -2.36. The van der Waals surface area contributed by atoms with Gasteiger partial charge in [-0.3, -0.25) is 14.9 Å². The number of amides is 1. The van der Waals surface area contributed by atoms with Gasteiger partial charge in [0.15, 0.2) is 0 Å². The number of benzene rings is 2. The lowest BCUT2D eigenvalue weighted by molar-refractivity contribution is -0.383. The van der Waals surface area contributed by atoms with Crippen LogP contribution in [0.15, 0.2) is 48.5 Å². The zero-order chi connectivity index (χ0) is 16.2. The van der Waals surface area contributed by atoms with Crippen LogP contribution in [0.2, 0.25) is 0 Å². The van der Waals surface area contributed by atoms with Crippen LogP contribution < -0.4 is 10.2 Å². The van der Waals surface area contributed by atoms with Crippen LogP contribution in [-0.4, -0.2) is 23.9 Å². The smallest absolute Gasteiger partial charge is 0.292 e. The molecule has 118 valence electrons. The number of aryl methyl sites for hydroxylation is 1. The van der Waals surface area contributed by atoms with Crippen molar-refractivity contribution >= 4 is 23.0 Å². The van der Waals surface area contributed by atoms with Crippen molar-refractivity contribution in [3.8, 4) is 0 Å². The van der Waals surface area contributed by atoms with E-state index in [1.54, 1.807) is 18.2 Å². The van der Waals surface area contributed by atoms with Gasteiger partial charge in [-0.2, -0.15) is 0 Å². The first-order chi connectivity index (χ1) is 11.1. The van der Waals surface area contributed by atoms with Crippen LogP contribution >= 0.6 is 0 Å². The van der Waals surface area contributed by atoms with E-state index in [1.807, 2.05) is 23.1 Å². The first-order valence-electron chi connectivity index (χ1n) is 7.51. The molecule has 0 atom stereocenters.